The molecule has 0 radical (unpaired) electrons. The Hall–Kier alpha value is -0.770. The van der Waals surface area contributed by atoms with Gasteiger partial charge < -0.3 is 5.11 Å². The number of rotatable bonds is 9. The first-order chi connectivity index (χ1) is 10.7. The molecular weight excluding hydrogens is 383 g/mol. The van der Waals surface area contributed by atoms with Crippen LogP contribution in [0.15, 0.2) is 30.3 Å². The Balaban J connectivity index is 1.77. The second-order valence-corrected chi connectivity index (χ2v) is 7.26. The zero-order valence-corrected chi connectivity index (χ0v) is 15.7. The van der Waals surface area contributed by atoms with Crippen molar-refractivity contribution < 1.29 is 5.11 Å². The zero-order valence-electron chi connectivity index (χ0n) is 13.6. The molecule has 0 bridgehead atoms. The van der Waals surface area contributed by atoms with Crippen molar-refractivity contribution in [3.63, 3.8) is 0 Å². The highest BCUT2D eigenvalue weighted by molar-refractivity contribution is 14.1. The molecule has 0 spiro atoms. The van der Waals surface area contributed by atoms with Crippen molar-refractivity contribution >= 4 is 33.4 Å². The molecule has 0 amide bonds. The lowest BCUT2D eigenvalue weighted by atomic mass is 10.0. The molecule has 120 valence electrons. The SMILES string of the molecule is CCCCCCCCCCc1ccc2c(I)c(O)ccc2c1. The number of halogens is 1. The average molecular weight is 410 g/mol. The molecule has 0 fully saturated rings. The lowest BCUT2D eigenvalue weighted by molar-refractivity contribution is 0.472. The van der Waals surface area contributed by atoms with Gasteiger partial charge in [0.15, 0.2) is 0 Å². The molecule has 1 nitrogen and oxygen atoms in total. The molecule has 0 heterocycles. The fourth-order valence-electron chi connectivity index (χ4n) is 2.95. The van der Waals surface area contributed by atoms with Crippen LogP contribution in [0.5, 0.6) is 5.75 Å². The van der Waals surface area contributed by atoms with Crippen LogP contribution in [0.4, 0.5) is 0 Å². The summed E-state index contributed by atoms with van der Waals surface area (Å²) >= 11 is 2.22. The standard InChI is InChI=1S/C20H27IO/c1-2-3-4-5-6-7-8-9-10-16-11-13-18-17(15-16)12-14-19(22)20(18)21/h11-15,22H,2-10H2,1H3. The molecule has 22 heavy (non-hydrogen) atoms. The molecule has 0 aliphatic rings. The number of phenolic OH excluding ortho intramolecular Hbond substituents is 1. The molecule has 0 unspecified atom stereocenters. The Labute approximate surface area is 148 Å². The molecular formula is C20H27IO. The van der Waals surface area contributed by atoms with Gasteiger partial charge in [-0.05, 0) is 57.8 Å². The smallest absolute Gasteiger partial charge is 0.129 e. The molecule has 2 aromatic rings. The number of fused-ring (bicyclic) bond motifs is 1. The Morgan fingerprint density at radius 1 is 0.864 bits per heavy atom. The number of aryl methyl sites for hydroxylation is 1. The summed E-state index contributed by atoms with van der Waals surface area (Å²) in [5.41, 5.74) is 1.42. The molecule has 0 saturated carbocycles. The molecule has 0 aliphatic carbocycles. The second kappa shape index (κ2) is 9.39. The van der Waals surface area contributed by atoms with Gasteiger partial charge in [-0.1, -0.05) is 76.1 Å². The maximum Gasteiger partial charge on any atom is 0.129 e. The third kappa shape index (κ3) is 5.15. The van der Waals surface area contributed by atoms with E-state index in [1.807, 2.05) is 6.07 Å². The number of aromatic hydroxyl groups is 1. The Kier molecular flexibility index (Phi) is 7.50. The van der Waals surface area contributed by atoms with Gasteiger partial charge in [0, 0.05) is 0 Å². The van der Waals surface area contributed by atoms with Crippen molar-refractivity contribution in [3.05, 3.63) is 39.5 Å². The maximum absolute atomic E-state index is 9.76. The minimum Gasteiger partial charge on any atom is -0.507 e. The normalized spacial score (nSPS) is 11.2. The molecule has 0 atom stereocenters. The van der Waals surface area contributed by atoms with Crippen LogP contribution in [0.25, 0.3) is 10.8 Å². The molecule has 0 saturated heterocycles. The summed E-state index contributed by atoms with van der Waals surface area (Å²) in [6, 6.07) is 10.5. The molecule has 0 aliphatic heterocycles. The van der Waals surface area contributed by atoms with E-state index in [1.165, 1.54) is 68.7 Å². The van der Waals surface area contributed by atoms with Gasteiger partial charge in [-0.25, -0.2) is 0 Å². The summed E-state index contributed by atoms with van der Waals surface area (Å²) in [6.07, 6.45) is 12.1. The predicted octanol–water partition coefficient (Wildman–Crippen LogP) is 6.83. The van der Waals surface area contributed by atoms with Crippen LogP contribution in [0, 0.1) is 3.57 Å². The van der Waals surface area contributed by atoms with E-state index in [-0.39, 0.29) is 0 Å². The third-order valence-corrected chi connectivity index (χ3v) is 5.45. The lowest BCUT2D eigenvalue weighted by Crippen LogP contribution is -1.88. The number of benzene rings is 2. The molecule has 0 aromatic heterocycles. The Morgan fingerprint density at radius 2 is 1.55 bits per heavy atom. The van der Waals surface area contributed by atoms with Gasteiger partial charge in [-0.3, -0.25) is 0 Å². The fourth-order valence-corrected chi connectivity index (χ4v) is 3.62. The Bertz CT molecular complexity index is 592. The van der Waals surface area contributed by atoms with Crippen LogP contribution < -0.4 is 0 Å². The highest BCUT2D eigenvalue weighted by atomic mass is 127. The monoisotopic (exact) mass is 410 g/mol. The first-order valence-corrected chi connectivity index (χ1v) is 9.70. The molecule has 2 aromatic carbocycles. The topological polar surface area (TPSA) is 20.2 Å². The number of hydrogen-bond acceptors (Lipinski definition) is 1. The van der Waals surface area contributed by atoms with Crippen molar-refractivity contribution in [2.24, 2.45) is 0 Å². The van der Waals surface area contributed by atoms with Gasteiger partial charge in [-0.2, -0.15) is 0 Å². The molecule has 2 heteroatoms. The highest BCUT2D eigenvalue weighted by Gasteiger charge is 2.04. The lowest BCUT2D eigenvalue weighted by Gasteiger charge is -2.07. The molecule has 1 N–H and O–H groups in total. The van der Waals surface area contributed by atoms with E-state index in [0.29, 0.717) is 5.75 Å². The minimum absolute atomic E-state index is 0.379. The van der Waals surface area contributed by atoms with E-state index in [0.717, 1.165) is 8.96 Å². The van der Waals surface area contributed by atoms with E-state index in [1.54, 1.807) is 6.07 Å². The first kappa shape index (κ1) is 17.6. The molecule has 2 rings (SSSR count). The zero-order chi connectivity index (χ0) is 15.8. The number of hydrogen-bond donors (Lipinski definition) is 1. The predicted molar refractivity (Wildman–Crippen MR) is 105 cm³/mol. The van der Waals surface area contributed by atoms with Crippen molar-refractivity contribution in [1.29, 1.82) is 0 Å². The van der Waals surface area contributed by atoms with Crippen molar-refractivity contribution in [2.75, 3.05) is 0 Å². The van der Waals surface area contributed by atoms with Crippen LogP contribution in [0.1, 0.15) is 63.9 Å². The summed E-state index contributed by atoms with van der Waals surface area (Å²) < 4.78 is 0.953. The number of unbranched alkanes of at least 4 members (excludes halogenated alkanes) is 7. The van der Waals surface area contributed by atoms with Crippen molar-refractivity contribution in [1.82, 2.24) is 0 Å². The van der Waals surface area contributed by atoms with Gasteiger partial charge in [0.25, 0.3) is 0 Å². The minimum atomic E-state index is 0.379. The van der Waals surface area contributed by atoms with Gasteiger partial charge in [-0.15, -0.1) is 0 Å². The van der Waals surface area contributed by atoms with E-state index in [9.17, 15) is 5.11 Å². The summed E-state index contributed by atoms with van der Waals surface area (Å²) in [5.74, 6) is 0.379. The van der Waals surface area contributed by atoms with Crippen LogP contribution in [0.2, 0.25) is 0 Å². The number of phenols is 1. The first-order valence-electron chi connectivity index (χ1n) is 8.62. The summed E-state index contributed by atoms with van der Waals surface area (Å²) in [7, 11) is 0. The van der Waals surface area contributed by atoms with Gasteiger partial charge in [0.1, 0.15) is 5.75 Å². The van der Waals surface area contributed by atoms with Crippen LogP contribution >= 0.6 is 22.6 Å². The summed E-state index contributed by atoms with van der Waals surface area (Å²) in [4.78, 5) is 0. The van der Waals surface area contributed by atoms with E-state index in [4.69, 9.17) is 0 Å². The average Bonchev–Trinajstić information content (AvgIpc) is 2.53. The fraction of sp³-hybridized carbons (Fsp3) is 0.500. The van der Waals surface area contributed by atoms with Crippen LogP contribution in [0.3, 0.4) is 0 Å². The van der Waals surface area contributed by atoms with Crippen LogP contribution in [-0.4, -0.2) is 5.11 Å². The quantitative estimate of drug-likeness (QED) is 0.355. The van der Waals surface area contributed by atoms with Gasteiger partial charge in [0.2, 0.25) is 0 Å². The van der Waals surface area contributed by atoms with Gasteiger partial charge >= 0.3 is 0 Å². The summed E-state index contributed by atoms with van der Waals surface area (Å²) in [6.45, 7) is 2.27. The van der Waals surface area contributed by atoms with Crippen LogP contribution in [-0.2, 0) is 6.42 Å². The van der Waals surface area contributed by atoms with E-state index in [2.05, 4.69) is 47.7 Å². The van der Waals surface area contributed by atoms with Crippen molar-refractivity contribution in [2.45, 2.75) is 64.7 Å². The van der Waals surface area contributed by atoms with Gasteiger partial charge in [0.05, 0.1) is 3.57 Å². The largest absolute Gasteiger partial charge is 0.507 e. The van der Waals surface area contributed by atoms with E-state index < -0.39 is 0 Å². The maximum atomic E-state index is 9.76. The van der Waals surface area contributed by atoms with Crippen molar-refractivity contribution in [3.8, 4) is 5.75 Å². The second-order valence-electron chi connectivity index (χ2n) is 6.18. The summed E-state index contributed by atoms with van der Waals surface area (Å²) in [5, 5.41) is 12.1. The highest BCUT2D eigenvalue weighted by Crippen LogP contribution is 2.29. The Morgan fingerprint density at radius 3 is 2.27 bits per heavy atom. The van der Waals surface area contributed by atoms with E-state index >= 15 is 0 Å². The third-order valence-electron chi connectivity index (χ3n) is 4.32.